The maximum absolute atomic E-state index is 3.74. The summed E-state index contributed by atoms with van der Waals surface area (Å²) in [5.41, 5.74) is 0.579. The fraction of sp³-hybridized carbons (Fsp3) is 1.00. The first-order chi connectivity index (χ1) is 10.3. The normalized spacial score (nSPS) is 27.9. The summed E-state index contributed by atoms with van der Waals surface area (Å²) < 4.78 is 0. The highest BCUT2D eigenvalue weighted by atomic mass is 15.3. The molecule has 0 aromatic rings. The van der Waals surface area contributed by atoms with Crippen LogP contribution in [0.5, 0.6) is 0 Å². The fourth-order valence-corrected chi connectivity index (χ4v) is 4.42. The third kappa shape index (κ3) is 4.43. The van der Waals surface area contributed by atoms with Crippen LogP contribution in [0.2, 0.25) is 0 Å². The molecule has 3 nitrogen and oxygen atoms in total. The third-order valence-electron chi connectivity index (χ3n) is 5.87. The van der Waals surface area contributed by atoms with E-state index in [-0.39, 0.29) is 0 Å². The fourth-order valence-electron chi connectivity index (χ4n) is 4.42. The van der Waals surface area contributed by atoms with Crippen molar-refractivity contribution in [3.63, 3.8) is 0 Å². The van der Waals surface area contributed by atoms with Crippen LogP contribution in [-0.4, -0.2) is 61.7 Å². The van der Waals surface area contributed by atoms with E-state index in [1.807, 2.05) is 0 Å². The van der Waals surface area contributed by atoms with Gasteiger partial charge in [-0.1, -0.05) is 26.2 Å². The highest BCUT2D eigenvalue weighted by Gasteiger charge is 2.36. The van der Waals surface area contributed by atoms with Gasteiger partial charge in [-0.2, -0.15) is 0 Å². The van der Waals surface area contributed by atoms with E-state index in [0.717, 1.165) is 6.04 Å². The largest absolute Gasteiger partial charge is 0.316 e. The Hall–Kier alpha value is -0.120. The number of hydrogen-bond donors (Lipinski definition) is 1. The van der Waals surface area contributed by atoms with Gasteiger partial charge in [-0.3, -0.25) is 4.90 Å². The van der Waals surface area contributed by atoms with Crippen molar-refractivity contribution >= 4 is 0 Å². The Balaban J connectivity index is 1.48. The second-order valence-electron chi connectivity index (χ2n) is 7.78. The molecule has 0 amide bonds. The molecule has 122 valence electrons. The Labute approximate surface area is 131 Å². The Morgan fingerprint density at radius 3 is 2.33 bits per heavy atom. The quantitative estimate of drug-likeness (QED) is 0.728. The van der Waals surface area contributed by atoms with Crippen LogP contribution in [0, 0.1) is 5.41 Å². The van der Waals surface area contributed by atoms with Crippen LogP contribution in [0.1, 0.15) is 58.3 Å². The van der Waals surface area contributed by atoms with Gasteiger partial charge in [0, 0.05) is 45.3 Å². The van der Waals surface area contributed by atoms with Crippen molar-refractivity contribution in [2.24, 2.45) is 5.41 Å². The van der Waals surface area contributed by atoms with E-state index in [9.17, 15) is 0 Å². The van der Waals surface area contributed by atoms with Gasteiger partial charge in [-0.05, 0) is 44.1 Å². The zero-order valence-electron chi connectivity index (χ0n) is 14.1. The average Bonchev–Trinajstić information content (AvgIpc) is 3.34. The Morgan fingerprint density at radius 2 is 1.71 bits per heavy atom. The van der Waals surface area contributed by atoms with Crippen LogP contribution in [0.25, 0.3) is 0 Å². The molecule has 0 aromatic heterocycles. The Morgan fingerprint density at radius 1 is 1.00 bits per heavy atom. The molecule has 1 saturated heterocycles. The van der Waals surface area contributed by atoms with Crippen molar-refractivity contribution in [3.8, 4) is 0 Å². The summed E-state index contributed by atoms with van der Waals surface area (Å²) in [6.07, 6.45) is 11.5. The smallest absolute Gasteiger partial charge is 0.0113 e. The first-order valence-corrected chi connectivity index (χ1v) is 9.48. The van der Waals surface area contributed by atoms with Gasteiger partial charge in [0.05, 0.1) is 0 Å². The average molecular weight is 293 g/mol. The molecule has 1 N–H and O–H groups in total. The van der Waals surface area contributed by atoms with E-state index < -0.39 is 0 Å². The summed E-state index contributed by atoms with van der Waals surface area (Å²) in [6.45, 7) is 11.3. The molecule has 2 aliphatic carbocycles. The molecule has 21 heavy (non-hydrogen) atoms. The predicted octanol–water partition coefficient (Wildman–Crippen LogP) is 2.72. The topological polar surface area (TPSA) is 18.5 Å². The maximum atomic E-state index is 3.74. The molecule has 0 bridgehead atoms. The number of nitrogens with zero attached hydrogens (tertiary/aromatic N) is 2. The van der Waals surface area contributed by atoms with Crippen LogP contribution in [0.3, 0.4) is 0 Å². The monoisotopic (exact) mass is 293 g/mol. The summed E-state index contributed by atoms with van der Waals surface area (Å²) in [6, 6.07) is 0.960. The Bertz CT molecular complexity index is 300. The van der Waals surface area contributed by atoms with Crippen LogP contribution in [0.15, 0.2) is 0 Å². The number of hydrogen-bond acceptors (Lipinski definition) is 3. The lowest BCUT2D eigenvalue weighted by Crippen LogP contribution is -2.52. The summed E-state index contributed by atoms with van der Waals surface area (Å²) in [7, 11) is 0. The molecule has 0 unspecified atom stereocenters. The van der Waals surface area contributed by atoms with Gasteiger partial charge in [-0.25, -0.2) is 0 Å². The molecule has 0 radical (unpaired) electrons. The van der Waals surface area contributed by atoms with E-state index >= 15 is 0 Å². The molecular formula is C18H35N3. The van der Waals surface area contributed by atoms with Crippen LogP contribution in [-0.2, 0) is 0 Å². The first-order valence-electron chi connectivity index (χ1n) is 9.48. The lowest BCUT2D eigenvalue weighted by Gasteiger charge is -2.44. The zero-order valence-corrected chi connectivity index (χ0v) is 14.1. The number of nitrogens with one attached hydrogen (secondary N) is 1. The van der Waals surface area contributed by atoms with E-state index in [1.54, 1.807) is 0 Å². The predicted molar refractivity (Wildman–Crippen MR) is 89.7 cm³/mol. The van der Waals surface area contributed by atoms with Gasteiger partial charge in [0.15, 0.2) is 0 Å². The van der Waals surface area contributed by atoms with Crippen molar-refractivity contribution in [1.29, 1.82) is 0 Å². The van der Waals surface area contributed by atoms with Crippen molar-refractivity contribution in [3.05, 3.63) is 0 Å². The molecule has 2 saturated carbocycles. The van der Waals surface area contributed by atoms with Gasteiger partial charge < -0.3 is 10.2 Å². The van der Waals surface area contributed by atoms with Gasteiger partial charge in [0.25, 0.3) is 0 Å². The molecule has 3 aliphatic rings. The van der Waals surface area contributed by atoms with E-state index in [2.05, 4.69) is 22.0 Å². The van der Waals surface area contributed by atoms with E-state index in [0.29, 0.717) is 5.41 Å². The van der Waals surface area contributed by atoms with E-state index in [1.165, 1.54) is 97.2 Å². The molecule has 0 atom stereocenters. The minimum Gasteiger partial charge on any atom is -0.316 e. The lowest BCUT2D eigenvalue weighted by molar-refractivity contribution is 0.0596. The van der Waals surface area contributed by atoms with Gasteiger partial charge in [0.2, 0.25) is 0 Å². The SMILES string of the molecule is CCCNCC1(CN2CCN(C3CC3)CC2)CCCCC1. The highest BCUT2D eigenvalue weighted by molar-refractivity contribution is 4.91. The molecule has 1 heterocycles. The number of rotatable bonds is 7. The second-order valence-corrected chi connectivity index (χ2v) is 7.78. The lowest BCUT2D eigenvalue weighted by atomic mass is 9.73. The minimum absolute atomic E-state index is 0.579. The molecule has 0 spiro atoms. The van der Waals surface area contributed by atoms with Crippen molar-refractivity contribution in [1.82, 2.24) is 15.1 Å². The Kier molecular flexibility index (Phi) is 5.58. The van der Waals surface area contributed by atoms with Crippen molar-refractivity contribution in [2.75, 3.05) is 45.8 Å². The van der Waals surface area contributed by atoms with Crippen LogP contribution < -0.4 is 5.32 Å². The van der Waals surface area contributed by atoms with Crippen LogP contribution in [0.4, 0.5) is 0 Å². The molecular weight excluding hydrogens is 258 g/mol. The van der Waals surface area contributed by atoms with Crippen molar-refractivity contribution < 1.29 is 0 Å². The summed E-state index contributed by atoms with van der Waals surface area (Å²) >= 11 is 0. The summed E-state index contributed by atoms with van der Waals surface area (Å²) in [4.78, 5) is 5.51. The number of piperazine rings is 1. The van der Waals surface area contributed by atoms with Gasteiger partial charge in [-0.15, -0.1) is 0 Å². The first kappa shape index (κ1) is 15.8. The maximum Gasteiger partial charge on any atom is 0.0113 e. The second kappa shape index (κ2) is 7.43. The van der Waals surface area contributed by atoms with Crippen molar-refractivity contribution in [2.45, 2.75) is 64.3 Å². The summed E-state index contributed by atoms with van der Waals surface area (Å²) in [5.74, 6) is 0. The highest BCUT2D eigenvalue weighted by Crippen LogP contribution is 2.37. The zero-order chi connectivity index (χ0) is 14.5. The van der Waals surface area contributed by atoms with Gasteiger partial charge >= 0.3 is 0 Å². The minimum atomic E-state index is 0.579. The molecule has 0 aromatic carbocycles. The van der Waals surface area contributed by atoms with Crippen LogP contribution >= 0.6 is 0 Å². The molecule has 3 heteroatoms. The third-order valence-corrected chi connectivity index (χ3v) is 5.87. The van der Waals surface area contributed by atoms with Gasteiger partial charge in [0.1, 0.15) is 0 Å². The standard InChI is InChI=1S/C18H35N3/c1-2-10-19-15-18(8-4-3-5-9-18)16-20-11-13-21(14-12-20)17-6-7-17/h17,19H,2-16H2,1H3. The molecule has 3 rings (SSSR count). The molecule has 1 aliphatic heterocycles. The molecule has 3 fully saturated rings. The summed E-state index contributed by atoms with van der Waals surface area (Å²) in [5, 5.41) is 3.74. The van der Waals surface area contributed by atoms with E-state index in [4.69, 9.17) is 0 Å².